The van der Waals surface area contributed by atoms with Gasteiger partial charge in [0.1, 0.15) is 11.9 Å². The topological polar surface area (TPSA) is 123 Å². The highest BCUT2D eigenvalue weighted by Crippen LogP contribution is 2.69. The maximum atomic E-state index is 10.3. The van der Waals surface area contributed by atoms with Crippen molar-refractivity contribution >= 4 is 17.5 Å². The number of hydrogen-bond donors (Lipinski definition) is 1. The third-order valence-corrected chi connectivity index (χ3v) is 6.59. The van der Waals surface area contributed by atoms with Crippen LogP contribution in [0.5, 0.6) is 5.75 Å². The summed E-state index contributed by atoms with van der Waals surface area (Å²) in [6.45, 7) is 1.65. The van der Waals surface area contributed by atoms with Crippen LogP contribution < -0.4 is 4.74 Å². The lowest BCUT2D eigenvalue weighted by Gasteiger charge is -2.48. The molecule has 2 fully saturated rings. The highest BCUT2D eigenvalue weighted by molar-refractivity contribution is 6.30. The predicted molar refractivity (Wildman–Crippen MR) is 110 cm³/mol. The molecule has 4 unspecified atom stereocenters. The molecule has 0 saturated carbocycles. The van der Waals surface area contributed by atoms with Crippen LogP contribution in [-0.4, -0.2) is 13.0 Å². The van der Waals surface area contributed by atoms with Crippen LogP contribution in [0, 0.1) is 56.2 Å². The molecule has 4 rings (SSSR count). The van der Waals surface area contributed by atoms with E-state index >= 15 is 0 Å². The third kappa shape index (κ3) is 2.38. The summed E-state index contributed by atoms with van der Waals surface area (Å²) in [5.74, 6) is -2.50. The van der Waals surface area contributed by atoms with Gasteiger partial charge >= 0.3 is 0 Å². The Kier molecular flexibility index (Phi) is 4.67. The average Bonchev–Trinajstić information content (AvgIpc) is 2.96. The number of hydrogen-bond acceptors (Lipinski definition) is 7. The number of rotatable bonds is 3. The van der Waals surface area contributed by atoms with E-state index in [-0.39, 0.29) is 0 Å². The molecule has 2 aliphatic heterocycles. The largest absolute Gasteiger partial charge is 0.496 e. The van der Waals surface area contributed by atoms with Crippen molar-refractivity contribution in [3.05, 3.63) is 64.7 Å². The lowest BCUT2D eigenvalue weighted by Crippen LogP contribution is -2.57. The highest BCUT2D eigenvalue weighted by Gasteiger charge is 2.80. The van der Waals surface area contributed by atoms with Gasteiger partial charge in [0.2, 0.25) is 17.1 Å². The molecule has 1 N–H and O–H groups in total. The average molecular weight is 433 g/mol. The zero-order valence-electron chi connectivity index (χ0n) is 16.7. The van der Waals surface area contributed by atoms with Crippen molar-refractivity contribution in [2.75, 3.05) is 7.11 Å². The molecule has 2 saturated heterocycles. The van der Waals surface area contributed by atoms with Crippen LogP contribution in [0.3, 0.4) is 0 Å². The van der Waals surface area contributed by atoms with Gasteiger partial charge in [0.15, 0.2) is 5.41 Å². The monoisotopic (exact) mass is 432 g/mol. The highest BCUT2D eigenvalue weighted by atomic mass is 35.5. The van der Waals surface area contributed by atoms with Gasteiger partial charge in [-0.15, -0.1) is 0 Å². The number of para-hydroxylation sites is 1. The van der Waals surface area contributed by atoms with E-state index in [1.165, 1.54) is 7.11 Å². The summed E-state index contributed by atoms with van der Waals surface area (Å²) >= 11 is 6.04. The van der Waals surface area contributed by atoms with Crippen molar-refractivity contribution in [3.63, 3.8) is 0 Å². The lowest BCUT2D eigenvalue weighted by molar-refractivity contribution is -0.288. The van der Waals surface area contributed by atoms with Crippen LogP contribution in [0.1, 0.15) is 24.2 Å². The second-order valence-corrected chi connectivity index (χ2v) is 7.95. The summed E-state index contributed by atoms with van der Waals surface area (Å²) in [6, 6.07) is 19.6. The molecule has 2 aromatic carbocycles. The Bertz CT molecular complexity index is 1180. The van der Waals surface area contributed by atoms with Gasteiger partial charge in [-0.25, -0.2) is 0 Å². The summed E-state index contributed by atoms with van der Waals surface area (Å²) in [5, 5.41) is 39.9. The van der Waals surface area contributed by atoms with Gasteiger partial charge in [-0.2, -0.15) is 15.8 Å². The summed E-state index contributed by atoms with van der Waals surface area (Å²) in [5.41, 5.74) is -2.99. The van der Waals surface area contributed by atoms with Crippen molar-refractivity contribution in [3.8, 4) is 24.0 Å². The van der Waals surface area contributed by atoms with E-state index in [0.29, 0.717) is 21.9 Å². The molecule has 0 radical (unpaired) electrons. The molecule has 0 aromatic heterocycles. The van der Waals surface area contributed by atoms with Crippen LogP contribution in [0.2, 0.25) is 5.02 Å². The lowest BCUT2D eigenvalue weighted by atomic mass is 9.53. The molecule has 7 nitrogen and oxygen atoms in total. The molecule has 154 valence electrons. The fourth-order valence-electron chi connectivity index (χ4n) is 4.71. The van der Waals surface area contributed by atoms with E-state index in [9.17, 15) is 15.8 Å². The zero-order valence-corrected chi connectivity index (χ0v) is 17.5. The smallest absolute Gasteiger partial charge is 0.244 e. The van der Waals surface area contributed by atoms with Gasteiger partial charge in [-0.1, -0.05) is 48.9 Å². The molecular weight excluding hydrogens is 416 g/mol. The molecule has 2 heterocycles. The van der Waals surface area contributed by atoms with E-state index in [0.717, 1.165) is 0 Å². The number of nitrogens with one attached hydrogen (secondary N) is 1. The van der Waals surface area contributed by atoms with Crippen molar-refractivity contribution in [1.82, 2.24) is 0 Å². The number of methoxy groups -OCH3 is 1. The standard InChI is InChI=1S/C23H17ClN4O3/c1-14-22(13-27)20(28)31-23(14,15-7-9-16(24)10-8-15)30-19(21(22,11-25)12-26)17-5-3-4-6-18(17)29-2/h3-10,14,19,28H,1-2H3. The SMILES string of the molecule is COc1ccccc1C1OC2(c3ccc(Cl)cc3)OC(=N)C(C#N)(C2C)C1(C#N)C#N. The van der Waals surface area contributed by atoms with Crippen LogP contribution in [0.25, 0.3) is 0 Å². The van der Waals surface area contributed by atoms with E-state index < -0.39 is 34.5 Å². The number of nitriles is 3. The predicted octanol–water partition coefficient (Wildman–Crippen LogP) is 4.46. The minimum atomic E-state index is -2.06. The molecule has 0 spiro atoms. The van der Waals surface area contributed by atoms with Crippen LogP contribution in [-0.2, 0) is 15.3 Å². The maximum absolute atomic E-state index is 10.3. The minimum Gasteiger partial charge on any atom is -0.496 e. The molecule has 2 aromatic rings. The van der Waals surface area contributed by atoms with Crippen LogP contribution in [0.15, 0.2) is 48.5 Å². The third-order valence-electron chi connectivity index (χ3n) is 6.34. The Morgan fingerprint density at radius 2 is 1.68 bits per heavy atom. The zero-order chi connectivity index (χ0) is 22.4. The van der Waals surface area contributed by atoms with Gasteiger partial charge in [0, 0.05) is 16.1 Å². The Morgan fingerprint density at radius 3 is 2.26 bits per heavy atom. The first-order valence-electron chi connectivity index (χ1n) is 9.45. The van der Waals surface area contributed by atoms with Crippen LogP contribution >= 0.6 is 11.6 Å². The maximum Gasteiger partial charge on any atom is 0.244 e. The quantitative estimate of drug-likeness (QED) is 0.763. The summed E-state index contributed by atoms with van der Waals surface area (Å²) in [4.78, 5) is 0. The van der Waals surface area contributed by atoms with Crippen molar-refractivity contribution < 1.29 is 14.2 Å². The molecule has 0 amide bonds. The van der Waals surface area contributed by atoms with E-state index in [1.54, 1.807) is 55.5 Å². The Morgan fingerprint density at radius 1 is 1.03 bits per heavy atom. The molecule has 0 aliphatic carbocycles. The molecular formula is C23H17ClN4O3. The Labute approximate surface area is 184 Å². The summed E-state index contributed by atoms with van der Waals surface area (Å²) in [7, 11) is 1.47. The normalized spacial score (nSPS) is 30.4. The van der Waals surface area contributed by atoms with Crippen molar-refractivity contribution in [1.29, 1.82) is 21.2 Å². The second-order valence-electron chi connectivity index (χ2n) is 7.52. The minimum absolute atomic E-state index is 0.391. The van der Waals surface area contributed by atoms with Gasteiger partial charge in [0.25, 0.3) is 0 Å². The van der Waals surface area contributed by atoms with Crippen molar-refractivity contribution in [2.24, 2.45) is 16.7 Å². The summed E-state index contributed by atoms with van der Waals surface area (Å²) < 4.78 is 17.8. The van der Waals surface area contributed by atoms with Crippen LogP contribution in [0.4, 0.5) is 0 Å². The molecule has 2 aliphatic rings. The molecule has 8 heteroatoms. The van der Waals surface area contributed by atoms with Crippen molar-refractivity contribution in [2.45, 2.75) is 18.8 Å². The molecule has 2 bridgehead atoms. The Balaban J connectivity index is 2.06. The van der Waals surface area contributed by atoms with E-state index in [2.05, 4.69) is 6.07 Å². The fraction of sp³-hybridized carbons (Fsp3) is 0.304. The second kappa shape index (κ2) is 7.00. The first-order valence-corrected chi connectivity index (χ1v) is 9.83. The summed E-state index contributed by atoms with van der Waals surface area (Å²) in [6.07, 6.45) is -1.23. The number of halogens is 1. The number of nitrogens with zero attached hydrogens (tertiary/aromatic N) is 3. The van der Waals surface area contributed by atoms with Gasteiger partial charge in [-0.3, -0.25) is 5.41 Å². The fourth-order valence-corrected chi connectivity index (χ4v) is 4.84. The van der Waals surface area contributed by atoms with Gasteiger partial charge in [0.05, 0.1) is 31.2 Å². The first-order chi connectivity index (χ1) is 14.9. The van der Waals surface area contributed by atoms with E-state index in [1.807, 2.05) is 12.1 Å². The molecule has 31 heavy (non-hydrogen) atoms. The first kappa shape index (κ1) is 20.7. The Hall–Kier alpha value is -3.57. The van der Waals surface area contributed by atoms with Gasteiger partial charge in [-0.05, 0) is 18.2 Å². The van der Waals surface area contributed by atoms with Gasteiger partial charge < -0.3 is 14.2 Å². The number of fused-ring (bicyclic) bond motifs is 2. The number of ether oxygens (including phenoxy) is 3. The molecule has 4 atom stereocenters. The van der Waals surface area contributed by atoms with E-state index in [4.69, 9.17) is 31.2 Å². The number of benzene rings is 2.